The van der Waals surface area contributed by atoms with E-state index in [-0.39, 0.29) is 5.91 Å². The Balaban J connectivity index is 1.48. The SMILES string of the molecule is CCCN1CCC(CC(=O)Nc2cnc3n2CCCC3)CC1. The van der Waals surface area contributed by atoms with Gasteiger partial charge in [-0.05, 0) is 57.7 Å². The number of carbonyl (C=O) groups is 1. The predicted molar refractivity (Wildman–Crippen MR) is 87.9 cm³/mol. The molecule has 0 atom stereocenters. The molecule has 1 aromatic rings. The van der Waals surface area contributed by atoms with E-state index in [1.807, 2.05) is 6.20 Å². The van der Waals surface area contributed by atoms with Gasteiger partial charge in [-0.2, -0.15) is 0 Å². The quantitative estimate of drug-likeness (QED) is 0.910. The summed E-state index contributed by atoms with van der Waals surface area (Å²) in [5.74, 6) is 2.71. The Morgan fingerprint density at radius 3 is 2.91 bits per heavy atom. The Kier molecular flexibility index (Phi) is 5.13. The second-order valence-corrected chi connectivity index (χ2v) is 6.71. The van der Waals surface area contributed by atoms with E-state index in [1.165, 1.54) is 25.8 Å². The van der Waals surface area contributed by atoms with Crippen LogP contribution < -0.4 is 5.32 Å². The zero-order chi connectivity index (χ0) is 15.4. The molecule has 0 spiro atoms. The van der Waals surface area contributed by atoms with Gasteiger partial charge >= 0.3 is 0 Å². The molecule has 0 aromatic carbocycles. The normalized spacial score (nSPS) is 19.9. The van der Waals surface area contributed by atoms with Crippen LogP contribution in [0.1, 0.15) is 51.3 Å². The van der Waals surface area contributed by atoms with Crippen molar-refractivity contribution in [2.24, 2.45) is 5.92 Å². The summed E-state index contributed by atoms with van der Waals surface area (Å²) < 4.78 is 2.17. The van der Waals surface area contributed by atoms with Gasteiger partial charge in [0.2, 0.25) is 5.91 Å². The number of anilines is 1. The molecule has 2 aliphatic rings. The van der Waals surface area contributed by atoms with Gasteiger partial charge in [0.1, 0.15) is 11.6 Å². The maximum Gasteiger partial charge on any atom is 0.225 e. The van der Waals surface area contributed by atoms with E-state index in [2.05, 4.69) is 26.7 Å². The van der Waals surface area contributed by atoms with E-state index >= 15 is 0 Å². The summed E-state index contributed by atoms with van der Waals surface area (Å²) in [6, 6.07) is 0. The fourth-order valence-corrected chi connectivity index (χ4v) is 3.70. The van der Waals surface area contributed by atoms with Gasteiger partial charge < -0.3 is 14.8 Å². The van der Waals surface area contributed by atoms with E-state index in [0.717, 1.165) is 50.5 Å². The molecular formula is C17H28N4O. The van der Waals surface area contributed by atoms with Crippen LogP contribution in [0.5, 0.6) is 0 Å². The van der Waals surface area contributed by atoms with Gasteiger partial charge in [0.15, 0.2) is 0 Å². The minimum absolute atomic E-state index is 0.155. The predicted octanol–water partition coefficient (Wildman–Crippen LogP) is 2.67. The number of carbonyl (C=O) groups excluding carboxylic acids is 1. The van der Waals surface area contributed by atoms with Crippen molar-refractivity contribution in [2.45, 2.75) is 58.4 Å². The average molecular weight is 304 g/mol. The molecule has 1 fully saturated rings. The molecule has 22 heavy (non-hydrogen) atoms. The topological polar surface area (TPSA) is 50.2 Å². The first-order valence-electron chi connectivity index (χ1n) is 8.83. The van der Waals surface area contributed by atoms with Gasteiger partial charge in [-0.3, -0.25) is 4.79 Å². The molecule has 2 aliphatic heterocycles. The molecule has 5 nitrogen and oxygen atoms in total. The van der Waals surface area contributed by atoms with Crippen molar-refractivity contribution in [2.75, 3.05) is 25.0 Å². The number of hydrogen-bond acceptors (Lipinski definition) is 3. The number of rotatable bonds is 5. The second-order valence-electron chi connectivity index (χ2n) is 6.71. The monoisotopic (exact) mass is 304 g/mol. The molecule has 0 saturated carbocycles. The number of likely N-dealkylation sites (tertiary alicyclic amines) is 1. The van der Waals surface area contributed by atoms with Crippen molar-refractivity contribution < 1.29 is 4.79 Å². The Morgan fingerprint density at radius 2 is 2.14 bits per heavy atom. The molecule has 0 radical (unpaired) electrons. The van der Waals surface area contributed by atoms with Crippen molar-refractivity contribution >= 4 is 11.7 Å². The zero-order valence-corrected chi connectivity index (χ0v) is 13.7. The number of fused-ring (bicyclic) bond motifs is 1. The Hall–Kier alpha value is -1.36. The first kappa shape index (κ1) is 15.5. The number of imidazole rings is 1. The van der Waals surface area contributed by atoms with Crippen LogP contribution in [-0.4, -0.2) is 40.0 Å². The van der Waals surface area contributed by atoms with Crippen LogP contribution in [0.15, 0.2) is 6.20 Å². The lowest BCUT2D eigenvalue weighted by atomic mass is 9.93. The van der Waals surface area contributed by atoms with Crippen molar-refractivity contribution in [1.29, 1.82) is 0 Å². The van der Waals surface area contributed by atoms with Crippen LogP contribution in [0.25, 0.3) is 0 Å². The van der Waals surface area contributed by atoms with Crippen molar-refractivity contribution in [3.8, 4) is 0 Å². The average Bonchev–Trinajstić information content (AvgIpc) is 2.93. The molecule has 0 aliphatic carbocycles. The van der Waals surface area contributed by atoms with E-state index < -0.39 is 0 Å². The first-order chi connectivity index (χ1) is 10.8. The lowest BCUT2D eigenvalue weighted by Crippen LogP contribution is -2.35. The number of piperidine rings is 1. The summed E-state index contributed by atoms with van der Waals surface area (Å²) in [6.45, 7) is 6.70. The molecule has 1 saturated heterocycles. The number of aryl methyl sites for hydroxylation is 1. The highest BCUT2D eigenvalue weighted by Crippen LogP contribution is 2.23. The lowest BCUT2D eigenvalue weighted by molar-refractivity contribution is -0.117. The number of aromatic nitrogens is 2. The van der Waals surface area contributed by atoms with Crippen LogP contribution in [0.4, 0.5) is 5.82 Å². The molecule has 5 heteroatoms. The van der Waals surface area contributed by atoms with Gasteiger partial charge in [0.05, 0.1) is 6.20 Å². The fourth-order valence-electron chi connectivity index (χ4n) is 3.70. The summed E-state index contributed by atoms with van der Waals surface area (Å²) >= 11 is 0. The van der Waals surface area contributed by atoms with Crippen molar-refractivity contribution in [3.63, 3.8) is 0 Å². The minimum atomic E-state index is 0.155. The Bertz CT molecular complexity index is 503. The number of amides is 1. The molecule has 3 heterocycles. The van der Waals surface area contributed by atoms with Crippen LogP contribution in [0, 0.1) is 5.92 Å². The minimum Gasteiger partial charge on any atom is -0.315 e. The zero-order valence-electron chi connectivity index (χ0n) is 13.7. The third-order valence-corrected chi connectivity index (χ3v) is 4.96. The highest BCUT2D eigenvalue weighted by molar-refractivity contribution is 5.90. The van der Waals surface area contributed by atoms with Gasteiger partial charge in [0.25, 0.3) is 0 Å². The van der Waals surface area contributed by atoms with E-state index in [9.17, 15) is 4.79 Å². The maximum atomic E-state index is 12.3. The smallest absolute Gasteiger partial charge is 0.225 e. The van der Waals surface area contributed by atoms with Gasteiger partial charge in [-0.25, -0.2) is 4.98 Å². The fraction of sp³-hybridized carbons (Fsp3) is 0.765. The molecule has 3 rings (SSSR count). The number of nitrogens with zero attached hydrogens (tertiary/aromatic N) is 3. The number of nitrogens with one attached hydrogen (secondary N) is 1. The van der Waals surface area contributed by atoms with E-state index in [1.54, 1.807) is 0 Å². The van der Waals surface area contributed by atoms with Gasteiger partial charge in [0, 0.05) is 19.4 Å². The van der Waals surface area contributed by atoms with Crippen LogP contribution in [0.2, 0.25) is 0 Å². The standard InChI is InChI=1S/C17H28N4O/c1-2-8-20-10-6-14(7-11-20)12-17(22)19-16-13-18-15-5-3-4-9-21(15)16/h13-14H,2-12H2,1H3,(H,19,22). The summed E-state index contributed by atoms with van der Waals surface area (Å²) in [5.41, 5.74) is 0. The lowest BCUT2D eigenvalue weighted by Gasteiger charge is -2.31. The molecule has 0 bridgehead atoms. The van der Waals surface area contributed by atoms with Gasteiger partial charge in [-0.1, -0.05) is 6.92 Å². The van der Waals surface area contributed by atoms with Gasteiger partial charge in [-0.15, -0.1) is 0 Å². The highest BCUT2D eigenvalue weighted by Gasteiger charge is 2.22. The van der Waals surface area contributed by atoms with Crippen LogP contribution in [-0.2, 0) is 17.8 Å². The van der Waals surface area contributed by atoms with E-state index in [0.29, 0.717) is 12.3 Å². The maximum absolute atomic E-state index is 12.3. The third kappa shape index (κ3) is 3.69. The molecule has 122 valence electrons. The molecule has 1 N–H and O–H groups in total. The summed E-state index contributed by atoms with van der Waals surface area (Å²) in [6.07, 6.45) is 9.42. The third-order valence-electron chi connectivity index (χ3n) is 4.96. The second kappa shape index (κ2) is 7.27. The summed E-state index contributed by atoms with van der Waals surface area (Å²) in [7, 11) is 0. The first-order valence-corrected chi connectivity index (χ1v) is 8.83. The molecule has 0 unspecified atom stereocenters. The largest absolute Gasteiger partial charge is 0.315 e. The molecule has 1 aromatic heterocycles. The Morgan fingerprint density at radius 1 is 1.32 bits per heavy atom. The summed E-state index contributed by atoms with van der Waals surface area (Å²) in [4.78, 5) is 19.3. The van der Waals surface area contributed by atoms with Crippen LogP contribution >= 0.6 is 0 Å². The summed E-state index contributed by atoms with van der Waals surface area (Å²) in [5, 5.41) is 3.08. The van der Waals surface area contributed by atoms with E-state index in [4.69, 9.17) is 0 Å². The van der Waals surface area contributed by atoms with Crippen molar-refractivity contribution in [3.05, 3.63) is 12.0 Å². The van der Waals surface area contributed by atoms with Crippen LogP contribution in [0.3, 0.4) is 0 Å². The number of hydrogen-bond donors (Lipinski definition) is 1. The highest BCUT2D eigenvalue weighted by atomic mass is 16.1. The molecular weight excluding hydrogens is 276 g/mol. The Labute approximate surface area is 133 Å². The van der Waals surface area contributed by atoms with Crippen molar-refractivity contribution in [1.82, 2.24) is 14.5 Å². The molecule has 1 amide bonds.